The van der Waals surface area contributed by atoms with Crippen LogP contribution in [0.1, 0.15) is 49.5 Å². The van der Waals surface area contributed by atoms with E-state index in [1.54, 1.807) is 50.5 Å². The topological polar surface area (TPSA) is 77.9 Å². The summed E-state index contributed by atoms with van der Waals surface area (Å²) in [6, 6.07) is 14.0. The van der Waals surface area contributed by atoms with Crippen LogP contribution in [0.3, 0.4) is 0 Å². The molecular weight excluding hydrogens is 368 g/mol. The predicted molar refractivity (Wildman–Crippen MR) is 110 cm³/mol. The number of rotatable bonds is 5. The quantitative estimate of drug-likeness (QED) is 0.845. The lowest BCUT2D eigenvalue weighted by Crippen LogP contribution is -2.39. The summed E-state index contributed by atoms with van der Waals surface area (Å²) in [6.07, 6.45) is 2.36. The Kier molecular flexibility index (Phi) is 6.32. The van der Waals surface area contributed by atoms with Crippen LogP contribution in [0.2, 0.25) is 0 Å². The highest BCUT2D eigenvalue weighted by Gasteiger charge is 2.25. The van der Waals surface area contributed by atoms with E-state index >= 15 is 0 Å². The van der Waals surface area contributed by atoms with Gasteiger partial charge in [0.05, 0.1) is 5.56 Å². The maximum atomic E-state index is 12.9. The van der Waals surface area contributed by atoms with Gasteiger partial charge in [-0.1, -0.05) is 24.3 Å². The summed E-state index contributed by atoms with van der Waals surface area (Å²) in [5, 5.41) is 9.35. The minimum atomic E-state index is -0.902. The molecule has 2 amide bonds. The maximum Gasteiger partial charge on any atom is 0.335 e. The molecule has 0 aliphatic carbocycles. The largest absolute Gasteiger partial charge is 0.478 e. The molecule has 29 heavy (non-hydrogen) atoms. The summed E-state index contributed by atoms with van der Waals surface area (Å²) in [4.78, 5) is 39.7. The Balaban J connectivity index is 1.63. The van der Waals surface area contributed by atoms with Crippen molar-refractivity contribution >= 4 is 17.8 Å². The lowest BCUT2D eigenvalue weighted by atomic mass is 9.88. The number of nitrogens with zero attached hydrogens (tertiary/aromatic N) is 2. The van der Waals surface area contributed by atoms with E-state index in [1.807, 2.05) is 17.0 Å². The number of benzene rings is 2. The number of aromatic carboxylic acids is 1. The molecule has 0 radical (unpaired) electrons. The van der Waals surface area contributed by atoms with E-state index in [-0.39, 0.29) is 11.8 Å². The van der Waals surface area contributed by atoms with E-state index in [0.717, 1.165) is 18.4 Å². The van der Waals surface area contributed by atoms with Crippen molar-refractivity contribution in [1.29, 1.82) is 0 Å². The van der Waals surface area contributed by atoms with Gasteiger partial charge in [-0.05, 0) is 55.0 Å². The van der Waals surface area contributed by atoms with E-state index in [2.05, 4.69) is 0 Å². The average molecular weight is 394 g/mol. The fraction of sp³-hybridized carbons (Fsp3) is 0.348. The van der Waals surface area contributed by atoms with Crippen LogP contribution in [0.5, 0.6) is 0 Å². The van der Waals surface area contributed by atoms with E-state index in [9.17, 15) is 19.5 Å². The van der Waals surface area contributed by atoms with Crippen LogP contribution in [0.25, 0.3) is 0 Å². The Morgan fingerprint density at radius 2 is 1.66 bits per heavy atom. The van der Waals surface area contributed by atoms with Crippen LogP contribution in [-0.4, -0.2) is 59.9 Å². The second kappa shape index (κ2) is 8.90. The van der Waals surface area contributed by atoms with Gasteiger partial charge in [0.2, 0.25) is 0 Å². The fourth-order valence-corrected chi connectivity index (χ4v) is 3.78. The standard InChI is InChI=1S/C23H26N2O4/c1-24(2)21(26)18-7-5-8-19(15-18)22(27)25-12-10-16(11-13-25)14-17-6-3-4-9-20(17)23(28)29/h3-9,15-16H,10-14H2,1-2H3,(H,28,29). The number of piperidine rings is 1. The Bertz CT molecular complexity index is 915. The van der Waals surface area contributed by atoms with E-state index in [4.69, 9.17) is 0 Å². The molecule has 0 spiro atoms. The third-order valence-corrected chi connectivity index (χ3v) is 5.42. The normalized spacial score (nSPS) is 14.5. The Hall–Kier alpha value is -3.15. The molecule has 6 nitrogen and oxygen atoms in total. The van der Waals surface area contributed by atoms with Gasteiger partial charge in [-0.15, -0.1) is 0 Å². The number of likely N-dealkylation sites (tertiary alicyclic amines) is 1. The monoisotopic (exact) mass is 394 g/mol. The molecule has 6 heteroatoms. The third-order valence-electron chi connectivity index (χ3n) is 5.42. The molecule has 2 aromatic carbocycles. The summed E-state index contributed by atoms with van der Waals surface area (Å²) in [5.74, 6) is -0.750. The molecule has 1 aliphatic heterocycles. The molecule has 0 saturated carbocycles. The lowest BCUT2D eigenvalue weighted by molar-refractivity contribution is 0.0690. The number of carbonyl (C=O) groups is 3. The van der Waals surface area contributed by atoms with Gasteiger partial charge in [0.15, 0.2) is 0 Å². The molecule has 1 heterocycles. The zero-order valence-electron chi connectivity index (χ0n) is 16.8. The molecule has 1 N–H and O–H groups in total. The van der Waals surface area contributed by atoms with Crippen molar-refractivity contribution < 1.29 is 19.5 Å². The van der Waals surface area contributed by atoms with Crippen molar-refractivity contribution in [3.05, 3.63) is 70.8 Å². The predicted octanol–water partition coefficient (Wildman–Crippen LogP) is 3.18. The lowest BCUT2D eigenvalue weighted by Gasteiger charge is -2.32. The van der Waals surface area contributed by atoms with Gasteiger partial charge in [0.25, 0.3) is 11.8 Å². The highest BCUT2D eigenvalue weighted by atomic mass is 16.4. The highest BCUT2D eigenvalue weighted by Crippen LogP contribution is 2.24. The van der Waals surface area contributed by atoms with Gasteiger partial charge >= 0.3 is 5.97 Å². The van der Waals surface area contributed by atoms with Crippen molar-refractivity contribution in [3.8, 4) is 0 Å². The summed E-state index contributed by atoms with van der Waals surface area (Å²) in [6.45, 7) is 1.26. The second-order valence-electron chi connectivity index (χ2n) is 7.68. The molecule has 0 atom stereocenters. The second-order valence-corrected chi connectivity index (χ2v) is 7.68. The minimum Gasteiger partial charge on any atom is -0.478 e. The van der Waals surface area contributed by atoms with E-state index in [1.165, 1.54) is 4.90 Å². The highest BCUT2D eigenvalue weighted by molar-refractivity contribution is 5.99. The zero-order chi connectivity index (χ0) is 21.0. The molecule has 0 bridgehead atoms. The molecule has 1 saturated heterocycles. The van der Waals surface area contributed by atoms with Crippen LogP contribution in [0, 0.1) is 5.92 Å². The van der Waals surface area contributed by atoms with Crippen molar-refractivity contribution in [2.75, 3.05) is 27.2 Å². The summed E-state index contributed by atoms with van der Waals surface area (Å²) >= 11 is 0. The van der Waals surface area contributed by atoms with Gasteiger partial charge in [0.1, 0.15) is 0 Å². The molecule has 1 aliphatic rings. The average Bonchev–Trinajstić information content (AvgIpc) is 2.73. The number of carboxylic acid groups (broad SMARTS) is 1. The molecule has 2 aromatic rings. The van der Waals surface area contributed by atoms with Gasteiger partial charge in [-0.25, -0.2) is 4.79 Å². The summed E-state index contributed by atoms with van der Waals surface area (Å²) in [5.41, 5.74) is 2.22. The van der Waals surface area contributed by atoms with Crippen LogP contribution in [0.4, 0.5) is 0 Å². The Morgan fingerprint density at radius 3 is 2.31 bits per heavy atom. The number of amides is 2. The van der Waals surface area contributed by atoms with Gasteiger partial charge < -0.3 is 14.9 Å². The van der Waals surface area contributed by atoms with Crippen molar-refractivity contribution in [2.24, 2.45) is 5.92 Å². The first-order chi connectivity index (χ1) is 13.9. The summed E-state index contributed by atoms with van der Waals surface area (Å²) in [7, 11) is 3.37. The Labute approximate surface area is 170 Å². The van der Waals surface area contributed by atoms with Crippen molar-refractivity contribution in [2.45, 2.75) is 19.3 Å². The van der Waals surface area contributed by atoms with Gasteiger partial charge in [-0.2, -0.15) is 0 Å². The smallest absolute Gasteiger partial charge is 0.335 e. The molecular formula is C23H26N2O4. The fourth-order valence-electron chi connectivity index (χ4n) is 3.78. The van der Waals surface area contributed by atoms with E-state index < -0.39 is 5.97 Å². The van der Waals surface area contributed by atoms with Crippen LogP contribution < -0.4 is 0 Å². The molecule has 3 rings (SSSR count). The first-order valence-electron chi connectivity index (χ1n) is 9.79. The first-order valence-corrected chi connectivity index (χ1v) is 9.79. The van der Waals surface area contributed by atoms with Crippen LogP contribution in [0.15, 0.2) is 48.5 Å². The first kappa shape index (κ1) is 20.6. The molecule has 152 valence electrons. The van der Waals surface area contributed by atoms with Crippen molar-refractivity contribution in [1.82, 2.24) is 9.80 Å². The SMILES string of the molecule is CN(C)C(=O)c1cccc(C(=O)N2CCC(Cc3ccccc3C(=O)O)CC2)c1. The zero-order valence-corrected chi connectivity index (χ0v) is 16.8. The van der Waals surface area contributed by atoms with Crippen LogP contribution in [-0.2, 0) is 6.42 Å². The van der Waals surface area contributed by atoms with Crippen LogP contribution >= 0.6 is 0 Å². The molecule has 1 fully saturated rings. The summed E-state index contributed by atoms with van der Waals surface area (Å²) < 4.78 is 0. The van der Waals surface area contributed by atoms with Crippen molar-refractivity contribution in [3.63, 3.8) is 0 Å². The molecule has 0 unspecified atom stereocenters. The maximum absolute atomic E-state index is 12.9. The van der Waals surface area contributed by atoms with Gasteiger partial charge in [-0.3, -0.25) is 9.59 Å². The number of carbonyl (C=O) groups excluding carboxylic acids is 2. The number of hydrogen-bond acceptors (Lipinski definition) is 3. The minimum absolute atomic E-state index is 0.0669. The number of hydrogen-bond donors (Lipinski definition) is 1. The van der Waals surface area contributed by atoms with E-state index in [0.29, 0.717) is 42.1 Å². The number of carboxylic acids is 1. The third kappa shape index (κ3) is 4.83. The molecule has 0 aromatic heterocycles. The Morgan fingerprint density at radius 1 is 1.00 bits per heavy atom. The van der Waals surface area contributed by atoms with Gasteiger partial charge in [0, 0.05) is 38.3 Å².